The first-order chi connectivity index (χ1) is 17.5. The van der Waals surface area contributed by atoms with Crippen molar-refractivity contribution in [2.75, 3.05) is 0 Å². The molecule has 0 radical (unpaired) electrons. The molecule has 0 spiro atoms. The number of benzene rings is 4. The van der Waals surface area contributed by atoms with E-state index in [2.05, 4.69) is 21.0 Å². The standard InChI is InChI=1S/C28H18BrClFN3O2/c29-22-14-18(15-23(30)26(22)36-17-20-10-4-6-12-24(20)31)16-32-34-27(19-8-2-1-3-9-19)33-25-13-7-5-11-21(25)28(34)35/h1-16H,17H2. The quantitative estimate of drug-likeness (QED) is 0.208. The van der Waals surface area contributed by atoms with Crippen LogP contribution in [0.15, 0.2) is 105 Å². The third-order valence-corrected chi connectivity index (χ3v) is 6.33. The van der Waals surface area contributed by atoms with E-state index in [1.165, 1.54) is 17.0 Å². The van der Waals surface area contributed by atoms with Gasteiger partial charge in [-0.05, 0) is 51.8 Å². The average Bonchev–Trinajstić information content (AvgIpc) is 2.89. The second-order valence-electron chi connectivity index (χ2n) is 7.87. The average molecular weight is 563 g/mol. The Kier molecular flexibility index (Phi) is 6.93. The van der Waals surface area contributed by atoms with Crippen LogP contribution in [0.5, 0.6) is 5.75 Å². The van der Waals surface area contributed by atoms with E-state index in [9.17, 15) is 9.18 Å². The minimum absolute atomic E-state index is 0.0248. The number of nitrogens with zero attached hydrogens (tertiary/aromatic N) is 3. The molecule has 0 aliphatic heterocycles. The zero-order valence-electron chi connectivity index (χ0n) is 18.7. The molecule has 0 saturated heterocycles. The van der Waals surface area contributed by atoms with Crippen molar-refractivity contribution in [2.45, 2.75) is 6.61 Å². The lowest BCUT2D eigenvalue weighted by molar-refractivity contribution is 0.298. The van der Waals surface area contributed by atoms with E-state index in [0.717, 1.165) is 5.56 Å². The Hall–Kier alpha value is -3.81. The van der Waals surface area contributed by atoms with Crippen LogP contribution in [-0.4, -0.2) is 15.9 Å². The van der Waals surface area contributed by atoms with Crippen molar-refractivity contribution < 1.29 is 9.13 Å². The lowest BCUT2D eigenvalue weighted by atomic mass is 10.2. The molecule has 1 heterocycles. The van der Waals surface area contributed by atoms with Crippen LogP contribution in [0.2, 0.25) is 5.02 Å². The van der Waals surface area contributed by atoms with Crippen LogP contribution in [-0.2, 0) is 6.61 Å². The molecule has 0 unspecified atom stereocenters. The number of hydrogen-bond donors (Lipinski definition) is 0. The van der Waals surface area contributed by atoms with E-state index in [-0.39, 0.29) is 18.0 Å². The van der Waals surface area contributed by atoms with Gasteiger partial charge in [0, 0.05) is 11.1 Å². The van der Waals surface area contributed by atoms with Gasteiger partial charge in [-0.2, -0.15) is 9.78 Å². The maximum atomic E-state index is 13.9. The highest BCUT2D eigenvalue weighted by atomic mass is 79.9. The van der Waals surface area contributed by atoms with Crippen molar-refractivity contribution in [3.8, 4) is 17.1 Å². The summed E-state index contributed by atoms with van der Waals surface area (Å²) in [6.45, 7) is 0.0248. The van der Waals surface area contributed by atoms with Gasteiger partial charge in [0.05, 0.1) is 26.6 Å². The summed E-state index contributed by atoms with van der Waals surface area (Å²) in [5, 5.41) is 5.24. The lowest BCUT2D eigenvalue weighted by Gasteiger charge is -2.12. The van der Waals surface area contributed by atoms with Gasteiger partial charge < -0.3 is 4.74 Å². The number of para-hydroxylation sites is 1. The third-order valence-electron chi connectivity index (χ3n) is 5.46. The monoisotopic (exact) mass is 561 g/mol. The van der Waals surface area contributed by atoms with Gasteiger partial charge in [-0.15, -0.1) is 0 Å². The van der Waals surface area contributed by atoms with Crippen molar-refractivity contribution in [3.63, 3.8) is 0 Å². The molecule has 0 bridgehead atoms. The zero-order valence-corrected chi connectivity index (χ0v) is 21.1. The number of fused-ring (bicyclic) bond motifs is 1. The summed E-state index contributed by atoms with van der Waals surface area (Å²) in [6.07, 6.45) is 1.53. The summed E-state index contributed by atoms with van der Waals surface area (Å²) in [6, 6.07) is 26.4. The number of hydrogen-bond acceptors (Lipinski definition) is 4. The van der Waals surface area contributed by atoms with Crippen LogP contribution in [0.3, 0.4) is 0 Å². The molecule has 0 aliphatic rings. The van der Waals surface area contributed by atoms with E-state index >= 15 is 0 Å². The van der Waals surface area contributed by atoms with Crippen molar-refractivity contribution >= 4 is 44.6 Å². The van der Waals surface area contributed by atoms with E-state index in [1.54, 1.807) is 48.5 Å². The van der Waals surface area contributed by atoms with Gasteiger partial charge in [0.1, 0.15) is 12.4 Å². The lowest BCUT2D eigenvalue weighted by Crippen LogP contribution is -2.20. The largest absolute Gasteiger partial charge is 0.486 e. The fraction of sp³-hybridized carbons (Fsp3) is 0.0357. The van der Waals surface area contributed by atoms with Crippen LogP contribution in [0.4, 0.5) is 4.39 Å². The molecule has 178 valence electrons. The Morgan fingerprint density at radius 3 is 2.50 bits per heavy atom. The van der Waals surface area contributed by atoms with Crippen LogP contribution < -0.4 is 10.3 Å². The van der Waals surface area contributed by atoms with Crippen LogP contribution in [0, 0.1) is 5.82 Å². The minimum Gasteiger partial charge on any atom is -0.486 e. The Bertz CT molecular complexity index is 1630. The highest BCUT2D eigenvalue weighted by molar-refractivity contribution is 9.10. The summed E-state index contributed by atoms with van der Waals surface area (Å²) in [5.41, 5.74) is 2.11. The number of ether oxygens (including phenoxy) is 1. The molecule has 0 amide bonds. The predicted octanol–water partition coefficient (Wildman–Crippen LogP) is 7.08. The summed E-state index contributed by atoms with van der Waals surface area (Å²) in [4.78, 5) is 18.0. The summed E-state index contributed by atoms with van der Waals surface area (Å²) < 4.78 is 21.5. The topological polar surface area (TPSA) is 56.5 Å². The molecule has 5 nitrogen and oxygen atoms in total. The van der Waals surface area contributed by atoms with Gasteiger partial charge in [0.25, 0.3) is 5.56 Å². The minimum atomic E-state index is -0.350. The SMILES string of the molecule is O=c1c2ccccc2nc(-c2ccccc2)n1N=Cc1cc(Cl)c(OCc2ccccc2F)c(Br)c1. The van der Waals surface area contributed by atoms with Crippen LogP contribution in [0.25, 0.3) is 22.3 Å². The predicted molar refractivity (Wildman–Crippen MR) is 144 cm³/mol. The van der Waals surface area contributed by atoms with Gasteiger partial charge in [-0.1, -0.05) is 72.3 Å². The number of rotatable bonds is 6. The van der Waals surface area contributed by atoms with Gasteiger partial charge >= 0.3 is 0 Å². The first-order valence-corrected chi connectivity index (χ1v) is 12.1. The molecule has 8 heteroatoms. The van der Waals surface area contributed by atoms with E-state index in [4.69, 9.17) is 21.3 Å². The molecule has 5 aromatic rings. The smallest absolute Gasteiger partial charge is 0.282 e. The Balaban J connectivity index is 1.50. The molecule has 5 rings (SSSR count). The highest BCUT2D eigenvalue weighted by Crippen LogP contribution is 2.35. The molecule has 0 fully saturated rings. The second-order valence-corrected chi connectivity index (χ2v) is 9.14. The maximum absolute atomic E-state index is 13.9. The first-order valence-electron chi connectivity index (χ1n) is 11.0. The molecule has 4 aromatic carbocycles. The van der Waals surface area contributed by atoms with Crippen molar-refractivity contribution in [2.24, 2.45) is 5.10 Å². The Labute approximate surface area is 219 Å². The number of halogens is 3. The molecule has 0 N–H and O–H groups in total. The third kappa shape index (κ3) is 4.94. The molecule has 0 saturated carbocycles. The first kappa shape index (κ1) is 23.9. The molecule has 0 atom stereocenters. The van der Waals surface area contributed by atoms with Crippen LogP contribution >= 0.6 is 27.5 Å². The zero-order chi connectivity index (χ0) is 25.1. The Morgan fingerprint density at radius 2 is 1.72 bits per heavy atom. The molecular formula is C28H18BrClFN3O2. The van der Waals surface area contributed by atoms with Crippen molar-refractivity contribution in [1.82, 2.24) is 9.66 Å². The summed E-state index contributed by atoms with van der Waals surface area (Å²) >= 11 is 9.94. The fourth-order valence-corrected chi connectivity index (χ4v) is 4.68. The maximum Gasteiger partial charge on any atom is 0.282 e. The second kappa shape index (κ2) is 10.4. The van der Waals surface area contributed by atoms with Crippen LogP contribution in [0.1, 0.15) is 11.1 Å². The van der Waals surface area contributed by atoms with Crippen molar-refractivity contribution in [3.05, 3.63) is 128 Å². The fourth-order valence-electron chi connectivity index (χ4n) is 3.69. The van der Waals surface area contributed by atoms with Gasteiger partial charge in [-0.3, -0.25) is 4.79 Å². The highest BCUT2D eigenvalue weighted by Gasteiger charge is 2.13. The molecule has 36 heavy (non-hydrogen) atoms. The van der Waals surface area contributed by atoms with Gasteiger partial charge in [0.15, 0.2) is 11.6 Å². The van der Waals surface area contributed by atoms with Crippen molar-refractivity contribution in [1.29, 1.82) is 0 Å². The molecule has 0 aliphatic carbocycles. The molecular weight excluding hydrogens is 545 g/mol. The summed E-state index contributed by atoms with van der Waals surface area (Å²) in [7, 11) is 0. The Morgan fingerprint density at radius 1 is 1.00 bits per heavy atom. The van der Waals surface area contributed by atoms with Gasteiger partial charge in [-0.25, -0.2) is 9.37 Å². The van der Waals surface area contributed by atoms with E-state index in [0.29, 0.717) is 43.1 Å². The normalized spacial score (nSPS) is 11.3. The summed E-state index contributed by atoms with van der Waals surface area (Å²) in [5.74, 6) is 0.453. The van der Waals surface area contributed by atoms with Gasteiger partial charge in [0.2, 0.25) is 0 Å². The molecule has 1 aromatic heterocycles. The van der Waals surface area contributed by atoms with E-state index in [1.807, 2.05) is 36.4 Å². The van der Waals surface area contributed by atoms with E-state index < -0.39 is 0 Å². The number of aromatic nitrogens is 2.